The van der Waals surface area contributed by atoms with Crippen LogP contribution in [0.5, 0.6) is 0 Å². The van der Waals surface area contributed by atoms with Crippen LogP contribution >= 0.6 is 0 Å². The Labute approximate surface area is 151 Å². The summed E-state index contributed by atoms with van der Waals surface area (Å²) in [5.41, 5.74) is 2.10. The zero-order valence-electron chi connectivity index (χ0n) is 15.1. The summed E-state index contributed by atoms with van der Waals surface area (Å²) in [6.45, 7) is 5.75. The molecule has 1 heterocycles. The molecule has 0 aromatic heterocycles. The van der Waals surface area contributed by atoms with Crippen molar-refractivity contribution in [3.8, 4) is 0 Å². The molecule has 1 fully saturated rings. The Morgan fingerprint density at radius 2 is 1.60 bits per heavy atom. The van der Waals surface area contributed by atoms with E-state index in [1.807, 2.05) is 48.5 Å². The molecule has 0 spiro atoms. The highest BCUT2D eigenvalue weighted by molar-refractivity contribution is 7.86. The lowest BCUT2D eigenvalue weighted by Gasteiger charge is -2.26. The van der Waals surface area contributed by atoms with E-state index < -0.39 is 10.2 Å². The Kier molecular flexibility index (Phi) is 5.00. The van der Waals surface area contributed by atoms with E-state index in [1.165, 1.54) is 9.87 Å². The van der Waals surface area contributed by atoms with Gasteiger partial charge in [0.1, 0.15) is 0 Å². The molecule has 25 heavy (non-hydrogen) atoms. The second kappa shape index (κ2) is 6.90. The maximum absolute atomic E-state index is 13.1. The molecule has 1 unspecified atom stereocenters. The molecule has 1 aliphatic rings. The number of rotatable bonds is 5. The van der Waals surface area contributed by atoms with Crippen molar-refractivity contribution in [2.24, 2.45) is 5.41 Å². The molecule has 0 bridgehead atoms. The number of hydrogen-bond donors (Lipinski definition) is 0. The van der Waals surface area contributed by atoms with Crippen LogP contribution in [0.3, 0.4) is 0 Å². The first-order valence-electron chi connectivity index (χ1n) is 8.61. The van der Waals surface area contributed by atoms with Crippen LogP contribution in [-0.2, 0) is 16.8 Å². The summed E-state index contributed by atoms with van der Waals surface area (Å²) < 4.78 is 29.2. The van der Waals surface area contributed by atoms with Crippen molar-refractivity contribution in [2.45, 2.75) is 26.3 Å². The van der Waals surface area contributed by atoms with Crippen molar-refractivity contribution in [2.75, 3.05) is 20.1 Å². The van der Waals surface area contributed by atoms with Crippen LogP contribution in [0.2, 0.25) is 0 Å². The Balaban J connectivity index is 1.79. The molecule has 0 radical (unpaired) electrons. The van der Waals surface area contributed by atoms with E-state index in [-0.39, 0.29) is 11.3 Å². The van der Waals surface area contributed by atoms with Gasteiger partial charge in [-0.1, -0.05) is 74.5 Å². The monoisotopic (exact) mass is 358 g/mol. The van der Waals surface area contributed by atoms with Gasteiger partial charge >= 0.3 is 0 Å². The predicted octanol–water partition coefficient (Wildman–Crippen LogP) is 3.49. The van der Waals surface area contributed by atoms with E-state index in [9.17, 15) is 8.42 Å². The maximum Gasteiger partial charge on any atom is 0.282 e. The highest BCUT2D eigenvalue weighted by Gasteiger charge is 2.45. The molecule has 0 N–H and O–H groups in total. The fourth-order valence-corrected chi connectivity index (χ4v) is 5.16. The van der Waals surface area contributed by atoms with Gasteiger partial charge in [0.15, 0.2) is 0 Å². The van der Waals surface area contributed by atoms with Crippen LogP contribution in [-0.4, -0.2) is 37.2 Å². The average Bonchev–Trinajstić information content (AvgIpc) is 2.92. The molecule has 2 aromatic rings. The van der Waals surface area contributed by atoms with E-state index in [2.05, 4.69) is 26.0 Å². The molecule has 1 saturated heterocycles. The van der Waals surface area contributed by atoms with Crippen molar-refractivity contribution in [3.63, 3.8) is 0 Å². The zero-order valence-corrected chi connectivity index (χ0v) is 15.9. The molecule has 134 valence electrons. The molecule has 1 atom stereocenters. The Bertz CT molecular complexity index is 804. The van der Waals surface area contributed by atoms with Gasteiger partial charge in [0.05, 0.1) is 0 Å². The highest BCUT2D eigenvalue weighted by atomic mass is 32.2. The van der Waals surface area contributed by atoms with Gasteiger partial charge in [-0.25, -0.2) is 0 Å². The zero-order chi connectivity index (χ0) is 18.1. The van der Waals surface area contributed by atoms with Crippen LogP contribution in [0.15, 0.2) is 60.7 Å². The van der Waals surface area contributed by atoms with Crippen molar-refractivity contribution >= 4 is 10.2 Å². The Morgan fingerprint density at radius 1 is 1.04 bits per heavy atom. The van der Waals surface area contributed by atoms with Gasteiger partial charge in [-0.05, 0) is 16.5 Å². The lowest BCUT2D eigenvalue weighted by molar-refractivity contribution is 0.335. The normalized spacial score (nSPS) is 20.9. The highest BCUT2D eigenvalue weighted by Crippen LogP contribution is 2.43. The first-order valence-corrected chi connectivity index (χ1v) is 10.0. The number of nitrogens with zero attached hydrogens (tertiary/aromatic N) is 2. The standard InChI is InChI=1S/C20H26N2O2S/c1-20(2)16-22(15-19(20)18-12-8-5-9-13-18)25(23,24)21(3)14-17-10-6-4-7-11-17/h4-13,19H,14-16H2,1-3H3. The first-order chi connectivity index (χ1) is 11.8. The average molecular weight is 359 g/mol. The molecule has 0 amide bonds. The smallest absolute Gasteiger partial charge is 0.195 e. The molecular weight excluding hydrogens is 332 g/mol. The third kappa shape index (κ3) is 3.78. The second-order valence-electron chi connectivity index (χ2n) is 7.49. The van der Waals surface area contributed by atoms with E-state index in [0.717, 1.165) is 5.56 Å². The van der Waals surface area contributed by atoms with Gasteiger partial charge in [0.25, 0.3) is 10.2 Å². The van der Waals surface area contributed by atoms with E-state index in [4.69, 9.17) is 0 Å². The van der Waals surface area contributed by atoms with Gasteiger partial charge in [-0.3, -0.25) is 0 Å². The summed E-state index contributed by atoms with van der Waals surface area (Å²) in [6.07, 6.45) is 0. The molecule has 0 aliphatic carbocycles. The summed E-state index contributed by atoms with van der Waals surface area (Å²) >= 11 is 0. The Morgan fingerprint density at radius 3 is 2.20 bits per heavy atom. The minimum atomic E-state index is -3.48. The lowest BCUT2D eigenvalue weighted by atomic mass is 9.78. The second-order valence-corrected chi connectivity index (χ2v) is 9.53. The van der Waals surface area contributed by atoms with Crippen LogP contribution < -0.4 is 0 Å². The van der Waals surface area contributed by atoms with E-state index in [0.29, 0.717) is 19.6 Å². The summed E-state index contributed by atoms with van der Waals surface area (Å²) in [7, 11) is -1.82. The van der Waals surface area contributed by atoms with E-state index in [1.54, 1.807) is 11.4 Å². The van der Waals surface area contributed by atoms with Crippen molar-refractivity contribution in [1.29, 1.82) is 0 Å². The fourth-order valence-electron chi connectivity index (χ4n) is 3.62. The minimum Gasteiger partial charge on any atom is -0.195 e. The predicted molar refractivity (Wildman–Crippen MR) is 101 cm³/mol. The van der Waals surface area contributed by atoms with E-state index >= 15 is 0 Å². The SMILES string of the molecule is CN(Cc1ccccc1)S(=O)(=O)N1CC(c2ccccc2)C(C)(C)C1. The molecule has 1 aliphatic heterocycles. The van der Waals surface area contributed by atoms with Gasteiger partial charge in [-0.2, -0.15) is 17.0 Å². The molecular formula is C20H26N2O2S. The van der Waals surface area contributed by atoms with Crippen LogP contribution in [0.25, 0.3) is 0 Å². The lowest BCUT2D eigenvalue weighted by Crippen LogP contribution is -2.40. The topological polar surface area (TPSA) is 40.6 Å². The van der Waals surface area contributed by atoms with Crippen molar-refractivity contribution in [3.05, 3.63) is 71.8 Å². The third-order valence-electron chi connectivity index (χ3n) is 5.08. The van der Waals surface area contributed by atoms with Crippen LogP contribution in [0, 0.1) is 5.41 Å². The number of hydrogen-bond acceptors (Lipinski definition) is 2. The third-order valence-corrected chi connectivity index (χ3v) is 6.93. The van der Waals surface area contributed by atoms with Crippen LogP contribution in [0.1, 0.15) is 30.9 Å². The summed E-state index contributed by atoms with van der Waals surface area (Å²) in [5.74, 6) is 0.202. The summed E-state index contributed by atoms with van der Waals surface area (Å²) in [4.78, 5) is 0. The van der Waals surface area contributed by atoms with Gasteiger partial charge < -0.3 is 0 Å². The van der Waals surface area contributed by atoms with Gasteiger partial charge in [-0.15, -0.1) is 0 Å². The van der Waals surface area contributed by atoms with Gasteiger partial charge in [0, 0.05) is 32.6 Å². The van der Waals surface area contributed by atoms with Crippen molar-refractivity contribution < 1.29 is 8.42 Å². The molecule has 4 nitrogen and oxygen atoms in total. The summed E-state index contributed by atoms with van der Waals surface area (Å²) in [6, 6.07) is 19.9. The molecule has 3 rings (SSSR count). The Hall–Kier alpha value is -1.69. The minimum absolute atomic E-state index is 0.0952. The molecule has 5 heteroatoms. The number of benzene rings is 2. The first kappa shape index (κ1) is 18.1. The van der Waals surface area contributed by atoms with Crippen LogP contribution in [0.4, 0.5) is 0 Å². The molecule has 0 saturated carbocycles. The van der Waals surface area contributed by atoms with Crippen molar-refractivity contribution in [1.82, 2.24) is 8.61 Å². The fraction of sp³-hybridized carbons (Fsp3) is 0.400. The molecule has 2 aromatic carbocycles. The quantitative estimate of drug-likeness (QED) is 0.821. The van der Waals surface area contributed by atoms with Gasteiger partial charge in [0.2, 0.25) is 0 Å². The maximum atomic E-state index is 13.1. The summed E-state index contributed by atoms with van der Waals surface area (Å²) in [5, 5.41) is 0. The largest absolute Gasteiger partial charge is 0.282 e.